The summed E-state index contributed by atoms with van der Waals surface area (Å²) in [6.45, 7) is 6.89. The fourth-order valence-corrected chi connectivity index (χ4v) is 3.73. The number of carbonyl (C=O) groups is 1. The third-order valence-corrected chi connectivity index (χ3v) is 5.66. The van der Waals surface area contributed by atoms with Crippen molar-refractivity contribution in [2.24, 2.45) is 17.3 Å². The van der Waals surface area contributed by atoms with Crippen LogP contribution in [0.25, 0.3) is 0 Å². The summed E-state index contributed by atoms with van der Waals surface area (Å²) in [6, 6.07) is 2.37. The van der Waals surface area contributed by atoms with E-state index in [0.29, 0.717) is 5.41 Å². The van der Waals surface area contributed by atoms with Gasteiger partial charge in [0.15, 0.2) is 0 Å². The standard InChI is InChI=1S/C17H28N2O/c1-16(2,3)14-8-6-13(7-9-14)15(20)19(4)17(12-18)10-5-11-17/h13-14H,5-11H2,1-4H3. The SMILES string of the molecule is CN(C(=O)C1CCC(C(C)(C)C)CC1)C1(C#N)CCC1. The van der Waals surface area contributed by atoms with Gasteiger partial charge in [-0.15, -0.1) is 0 Å². The summed E-state index contributed by atoms with van der Waals surface area (Å²) in [6.07, 6.45) is 7.05. The van der Waals surface area contributed by atoms with Crippen molar-refractivity contribution in [1.82, 2.24) is 4.90 Å². The molecule has 0 spiro atoms. The third-order valence-electron chi connectivity index (χ3n) is 5.66. The molecule has 3 nitrogen and oxygen atoms in total. The Hall–Kier alpha value is -1.04. The molecule has 0 aromatic rings. The molecule has 0 radical (unpaired) electrons. The zero-order valence-corrected chi connectivity index (χ0v) is 13.4. The highest BCUT2D eigenvalue weighted by Gasteiger charge is 2.45. The Labute approximate surface area is 123 Å². The van der Waals surface area contributed by atoms with Crippen LogP contribution in [-0.4, -0.2) is 23.4 Å². The molecular formula is C17H28N2O. The van der Waals surface area contributed by atoms with E-state index in [9.17, 15) is 10.1 Å². The molecule has 0 aromatic heterocycles. The summed E-state index contributed by atoms with van der Waals surface area (Å²) in [5.74, 6) is 1.08. The molecule has 0 unspecified atom stereocenters. The summed E-state index contributed by atoms with van der Waals surface area (Å²) in [5, 5.41) is 9.36. The van der Waals surface area contributed by atoms with Gasteiger partial charge >= 0.3 is 0 Å². The van der Waals surface area contributed by atoms with Gasteiger partial charge in [0.2, 0.25) is 5.91 Å². The van der Waals surface area contributed by atoms with E-state index in [-0.39, 0.29) is 11.8 Å². The van der Waals surface area contributed by atoms with Crippen molar-refractivity contribution in [3.8, 4) is 6.07 Å². The largest absolute Gasteiger partial charge is 0.327 e. The molecule has 0 saturated heterocycles. The normalized spacial score (nSPS) is 29.1. The monoisotopic (exact) mass is 276 g/mol. The zero-order chi connectivity index (χ0) is 15.0. The smallest absolute Gasteiger partial charge is 0.226 e. The lowest BCUT2D eigenvalue weighted by Crippen LogP contribution is -2.55. The second kappa shape index (κ2) is 5.39. The van der Waals surface area contributed by atoms with Crippen LogP contribution in [0.3, 0.4) is 0 Å². The molecule has 0 bridgehead atoms. The predicted octanol–water partition coefficient (Wildman–Crippen LogP) is 3.74. The topological polar surface area (TPSA) is 44.1 Å². The van der Waals surface area contributed by atoms with Crippen LogP contribution in [0.4, 0.5) is 0 Å². The van der Waals surface area contributed by atoms with Crippen molar-refractivity contribution in [3.05, 3.63) is 0 Å². The molecule has 2 fully saturated rings. The maximum Gasteiger partial charge on any atom is 0.226 e. The van der Waals surface area contributed by atoms with Crippen LogP contribution in [0, 0.1) is 28.6 Å². The van der Waals surface area contributed by atoms with Crippen molar-refractivity contribution in [2.75, 3.05) is 7.05 Å². The first-order valence-corrected chi connectivity index (χ1v) is 7.99. The molecule has 0 aliphatic heterocycles. The quantitative estimate of drug-likeness (QED) is 0.771. The molecule has 3 heteroatoms. The molecule has 2 aliphatic carbocycles. The first-order valence-electron chi connectivity index (χ1n) is 7.99. The minimum Gasteiger partial charge on any atom is -0.327 e. The van der Waals surface area contributed by atoms with Crippen molar-refractivity contribution in [1.29, 1.82) is 5.26 Å². The minimum absolute atomic E-state index is 0.143. The summed E-state index contributed by atoms with van der Waals surface area (Å²) >= 11 is 0. The Morgan fingerprint density at radius 3 is 2.10 bits per heavy atom. The Morgan fingerprint density at radius 2 is 1.75 bits per heavy atom. The predicted molar refractivity (Wildman–Crippen MR) is 79.9 cm³/mol. The summed E-state index contributed by atoms with van der Waals surface area (Å²) in [4.78, 5) is 14.4. The van der Waals surface area contributed by atoms with E-state index in [4.69, 9.17) is 0 Å². The van der Waals surface area contributed by atoms with E-state index in [0.717, 1.165) is 50.9 Å². The molecule has 0 atom stereocenters. The first-order chi connectivity index (χ1) is 9.30. The summed E-state index contributed by atoms with van der Waals surface area (Å²) in [5.41, 5.74) is -0.139. The van der Waals surface area contributed by atoms with E-state index in [1.54, 1.807) is 4.90 Å². The molecule has 1 amide bonds. The highest BCUT2D eigenvalue weighted by atomic mass is 16.2. The van der Waals surface area contributed by atoms with E-state index in [2.05, 4.69) is 26.8 Å². The van der Waals surface area contributed by atoms with Crippen LogP contribution in [0.5, 0.6) is 0 Å². The highest BCUT2D eigenvalue weighted by molar-refractivity contribution is 5.80. The lowest BCUT2D eigenvalue weighted by molar-refractivity contribution is -0.142. The number of hydrogen-bond donors (Lipinski definition) is 0. The average molecular weight is 276 g/mol. The van der Waals surface area contributed by atoms with Crippen LogP contribution >= 0.6 is 0 Å². The fourth-order valence-electron chi connectivity index (χ4n) is 3.73. The molecule has 20 heavy (non-hydrogen) atoms. The van der Waals surface area contributed by atoms with Crippen LogP contribution in [0.2, 0.25) is 0 Å². The molecular weight excluding hydrogens is 248 g/mol. The van der Waals surface area contributed by atoms with Gasteiger partial charge in [0.1, 0.15) is 5.54 Å². The Kier molecular flexibility index (Phi) is 4.14. The molecule has 0 N–H and O–H groups in total. The van der Waals surface area contributed by atoms with Crippen molar-refractivity contribution in [2.45, 2.75) is 71.3 Å². The maximum atomic E-state index is 12.6. The number of amides is 1. The van der Waals surface area contributed by atoms with Gasteiger partial charge in [0, 0.05) is 13.0 Å². The second-order valence-corrected chi connectivity index (χ2v) is 7.81. The molecule has 2 aliphatic rings. The molecule has 2 rings (SSSR count). The summed E-state index contributed by atoms with van der Waals surface area (Å²) in [7, 11) is 1.83. The van der Waals surface area contributed by atoms with Crippen molar-refractivity contribution >= 4 is 5.91 Å². The lowest BCUT2D eigenvalue weighted by Gasteiger charge is -2.45. The van der Waals surface area contributed by atoms with Gasteiger partial charge in [-0.25, -0.2) is 0 Å². The lowest BCUT2D eigenvalue weighted by atomic mass is 9.69. The second-order valence-electron chi connectivity index (χ2n) is 7.81. The van der Waals surface area contributed by atoms with E-state index in [1.165, 1.54) is 0 Å². The van der Waals surface area contributed by atoms with Crippen LogP contribution in [-0.2, 0) is 4.79 Å². The third kappa shape index (κ3) is 2.71. The van der Waals surface area contributed by atoms with Crippen LogP contribution in [0.15, 0.2) is 0 Å². The Bertz CT molecular complexity index is 404. The number of carbonyl (C=O) groups excluding carboxylic acids is 1. The van der Waals surface area contributed by atoms with Crippen molar-refractivity contribution in [3.63, 3.8) is 0 Å². The van der Waals surface area contributed by atoms with Gasteiger partial charge in [0.25, 0.3) is 0 Å². The van der Waals surface area contributed by atoms with E-state index in [1.807, 2.05) is 7.05 Å². The van der Waals surface area contributed by atoms with Gasteiger partial charge in [0.05, 0.1) is 6.07 Å². The van der Waals surface area contributed by atoms with Crippen LogP contribution in [0.1, 0.15) is 65.7 Å². The molecule has 2 saturated carbocycles. The van der Waals surface area contributed by atoms with Crippen molar-refractivity contribution < 1.29 is 4.79 Å². The molecule has 112 valence electrons. The molecule has 0 aromatic carbocycles. The van der Waals surface area contributed by atoms with Gasteiger partial charge in [-0.2, -0.15) is 5.26 Å². The van der Waals surface area contributed by atoms with E-state index >= 15 is 0 Å². The Balaban J connectivity index is 1.94. The first kappa shape index (κ1) is 15.4. The minimum atomic E-state index is -0.488. The van der Waals surface area contributed by atoms with Gasteiger partial charge < -0.3 is 4.90 Å². The number of rotatable bonds is 2. The number of nitriles is 1. The maximum absolute atomic E-state index is 12.6. The fraction of sp³-hybridized carbons (Fsp3) is 0.882. The average Bonchev–Trinajstić information content (AvgIpc) is 2.36. The number of hydrogen-bond acceptors (Lipinski definition) is 2. The van der Waals surface area contributed by atoms with Crippen LogP contribution < -0.4 is 0 Å². The summed E-state index contributed by atoms with van der Waals surface area (Å²) < 4.78 is 0. The van der Waals surface area contributed by atoms with Gasteiger partial charge in [-0.1, -0.05) is 20.8 Å². The van der Waals surface area contributed by atoms with Gasteiger partial charge in [-0.3, -0.25) is 4.79 Å². The molecule has 0 heterocycles. The highest BCUT2D eigenvalue weighted by Crippen LogP contribution is 2.42. The van der Waals surface area contributed by atoms with Gasteiger partial charge in [-0.05, 0) is 56.3 Å². The Morgan fingerprint density at radius 1 is 1.20 bits per heavy atom. The zero-order valence-electron chi connectivity index (χ0n) is 13.4. The van der Waals surface area contributed by atoms with E-state index < -0.39 is 5.54 Å². The number of nitrogens with zero attached hydrogens (tertiary/aromatic N) is 2.